The van der Waals surface area contributed by atoms with Crippen LogP contribution in [0.5, 0.6) is 0 Å². The van der Waals surface area contributed by atoms with Gasteiger partial charge in [0.05, 0.1) is 18.5 Å². The molecular weight excluding hydrogens is 342 g/mol. The quantitative estimate of drug-likeness (QED) is 0.452. The van der Waals surface area contributed by atoms with Crippen LogP contribution >= 0.6 is 11.6 Å². The Morgan fingerprint density at radius 3 is 2.64 bits per heavy atom. The van der Waals surface area contributed by atoms with Gasteiger partial charge < -0.3 is 10.1 Å². The van der Waals surface area contributed by atoms with E-state index >= 15 is 0 Å². The van der Waals surface area contributed by atoms with E-state index < -0.39 is 17.9 Å². The highest BCUT2D eigenvalue weighted by atomic mass is 35.5. The van der Waals surface area contributed by atoms with E-state index in [-0.39, 0.29) is 6.61 Å². The summed E-state index contributed by atoms with van der Waals surface area (Å²) in [7, 11) is 0. The van der Waals surface area contributed by atoms with Crippen LogP contribution in [0.3, 0.4) is 0 Å². The highest BCUT2D eigenvalue weighted by molar-refractivity contribution is 6.30. The Kier molecular flexibility index (Phi) is 6.98. The molecule has 25 heavy (non-hydrogen) atoms. The van der Waals surface area contributed by atoms with Crippen molar-refractivity contribution >= 4 is 35.4 Å². The number of esters is 1. The van der Waals surface area contributed by atoms with Crippen molar-refractivity contribution in [1.82, 2.24) is 5.32 Å². The minimum absolute atomic E-state index is 0.200. The number of nitrogens with zero attached hydrogens (tertiary/aromatic N) is 1. The Labute approximate surface area is 150 Å². The smallest absolute Gasteiger partial charge is 0.334 e. The van der Waals surface area contributed by atoms with Crippen molar-refractivity contribution in [2.75, 3.05) is 12.0 Å². The molecule has 0 fully saturated rings. The maximum atomic E-state index is 12.2. The molecule has 6 nitrogen and oxygen atoms in total. The Bertz CT molecular complexity index is 750. The lowest BCUT2D eigenvalue weighted by molar-refractivity contribution is -0.143. The van der Waals surface area contributed by atoms with Crippen molar-refractivity contribution in [3.63, 3.8) is 0 Å². The van der Waals surface area contributed by atoms with E-state index in [0.29, 0.717) is 16.3 Å². The molecule has 2 aromatic rings. The first-order chi connectivity index (χ1) is 12.1. The molecule has 0 saturated heterocycles. The van der Waals surface area contributed by atoms with Gasteiger partial charge in [-0.2, -0.15) is 5.10 Å². The Morgan fingerprint density at radius 2 is 1.96 bits per heavy atom. The third-order valence-electron chi connectivity index (χ3n) is 3.10. The number of benzene rings is 2. The van der Waals surface area contributed by atoms with E-state index in [1.807, 2.05) is 0 Å². The summed E-state index contributed by atoms with van der Waals surface area (Å²) >= 11 is 5.89. The average Bonchev–Trinajstić information content (AvgIpc) is 2.62. The van der Waals surface area contributed by atoms with Crippen LogP contribution in [0.4, 0.5) is 5.69 Å². The fourth-order valence-corrected chi connectivity index (χ4v) is 2.14. The molecule has 7 heteroatoms. The van der Waals surface area contributed by atoms with E-state index in [9.17, 15) is 9.59 Å². The van der Waals surface area contributed by atoms with Gasteiger partial charge in [-0.15, -0.1) is 0 Å². The molecule has 2 rings (SSSR count). The van der Waals surface area contributed by atoms with Gasteiger partial charge in [-0.05, 0) is 37.3 Å². The minimum Gasteiger partial charge on any atom is -0.464 e. The van der Waals surface area contributed by atoms with Crippen LogP contribution in [0, 0.1) is 0 Å². The summed E-state index contributed by atoms with van der Waals surface area (Å²) in [6, 6.07) is 14.5. The SMILES string of the molecule is CCOC(=O)C(/C=N/Nc1cccc(Cl)c1)NC(=O)c1ccccc1. The van der Waals surface area contributed by atoms with Crippen LogP contribution in [-0.4, -0.2) is 30.7 Å². The third-order valence-corrected chi connectivity index (χ3v) is 3.34. The first kappa shape index (κ1) is 18.5. The third kappa shape index (κ3) is 5.93. The van der Waals surface area contributed by atoms with Gasteiger partial charge in [0.1, 0.15) is 0 Å². The molecule has 0 saturated carbocycles. The zero-order valence-corrected chi connectivity index (χ0v) is 14.4. The first-order valence-electron chi connectivity index (χ1n) is 7.67. The maximum Gasteiger partial charge on any atom is 0.334 e. The number of anilines is 1. The van der Waals surface area contributed by atoms with Crippen molar-refractivity contribution in [2.45, 2.75) is 13.0 Å². The van der Waals surface area contributed by atoms with Crippen molar-refractivity contribution in [3.05, 3.63) is 65.2 Å². The van der Waals surface area contributed by atoms with Crippen LogP contribution in [-0.2, 0) is 9.53 Å². The van der Waals surface area contributed by atoms with E-state index in [0.717, 1.165) is 0 Å². The average molecular weight is 360 g/mol. The van der Waals surface area contributed by atoms with Gasteiger partial charge in [-0.25, -0.2) is 4.79 Å². The molecule has 2 N–H and O–H groups in total. The van der Waals surface area contributed by atoms with Gasteiger partial charge in [0, 0.05) is 10.6 Å². The van der Waals surface area contributed by atoms with Crippen molar-refractivity contribution < 1.29 is 14.3 Å². The number of carbonyl (C=O) groups is 2. The predicted molar refractivity (Wildman–Crippen MR) is 97.9 cm³/mol. The zero-order valence-electron chi connectivity index (χ0n) is 13.6. The standard InChI is InChI=1S/C18H18ClN3O3/c1-2-25-18(24)16(21-17(23)13-7-4-3-5-8-13)12-20-22-15-10-6-9-14(19)11-15/h3-12,16,22H,2H2,1H3,(H,21,23)/b20-12+. The summed E-state index contributed by atoms with van der Waals surface area (Å²) in [4.78, 5) is 24.3. The second-order valence-corrected chi connectivity index (χ2v) is 5.41. The molecule has 130 valence electrons. The van der Waals surface area contributed by atoms with Gasteiger partial charge in [-0.1, -0.05) is 35.9 Å². The van der Waals surface area contributed by atoms with Gasteiger partial charge >= 0.3 is 5.97 Å². The van der Waals surface area contributed by atoms with E-state index in [1.54, 1.807) is 61.5 Å². The van der Waals surface area contributed by atoms with Crippen LogP contribution in [0.2, 0.25) is 5.02 Å². The number of hydrogen-bond donors (Lipinski definition) is 2. The Hall–Kier alpha value is -2.86. The monoisotopic (exact) mass is 359 g/mol. The summed E-state index contributed by atoms with van der Waals surface area (Å²) < 4.78 is 4.97. The minimum atomic E-state index is -1.01. The summed E-state index contributed by atoms with van der Waals surface area (Å²) in [6.07, 6.45) is 1.28. The highest BCUT2D eigenvalue weighted by Crippen LogP contribution is 2.14. The maximum absolute atomic E-state index is 12.2. The van der Waals surface area contributed by atoms with E-state index in [1.165, 1.54) is 6.21 Å². The van der Waals surface area contributed by atoms with Crippen molar-refractivity contribution in [2.24, 2.45) is 5.10 Å². The molecule has 0 bridgehead atoms. The molecule has 0 radical (unpaired) electrons. The van der Waals surface area contributed by atoms with Gasteiger partial charge in [0.25, 0.3) is 5.91 Å². The molecule has 0 aromatic heterocycles. The lowest BCUT2D eigenvalue weighted by Gasteiger charge is -2.13. The predicted octanol–water partition coefficient (Wildman–Crippen LogP) is 3.10. The Morgan fingerprint density at radius 1 is 1.20 bits per heavy atom. The molecule has 1 unspecified atom stereocenters. The number of ether oxygens (including phenoxy) is 1. The molecule has 0 aliphatic heterocycles. The summed E-state index contributed by atoms with van der Waals surface area (Å²) in [5.41, 5.74) is 3.84. The zero-order chi connectivity index (χ0) is 18.1. The fourth-order valence-electron chi connectivity index (χ4n) is 1.95. The molecule has 1 amide bonds. The molecule has 0 spiro atoms. The van der Waals surface area contributed by atoms with Crippen LogP contribution in [0.1, 0.15) is 17.3 Å². The number of carbonyl (C=O) groups excluding carboxylic acids is 2. The lowest BCUT2D eigenvalue weighted by Crippen LogP contribution is -2.43. The second-order valence-electron chi connectivity index (χ2n) is 4.97. The molecular formula is C18H18ClN3O3. The van der Waals surface area contributed by atoms with Gasteiger partial charge in [0.2, 0.25) is 0 Å². The summed E-state index contributed by atoms with van der Waals surface area (Å²) in [5.74, 6) is -0.990. The van der Waals surface area contributed by atoms with Crippen molar-refractivity contribution in [3.8, 4) is 0 Å². The number of hydrazone groups is 1. The van der Waals surface area contributed by atoms with E-state index in [4.69, 9.17) is 16.3 Å². The number of amides is 1. The summed E-state index contributed by atoms with van der Waals surface area (Å²) in [5, 5.41) is 7.13. The fraction of sp³-hybridized carbons (Fsp3) is 0.167. The summed E-state index contributed by atoms with van der Waals surface area (Å²) in [6.45, 7) is 1.89. The molecule has 0 heterocycles. The van der Waals surface area contributed by atoms with E-state index in [2.05, 4.69) is 15.8 Å². The second kappa shape index (κ2) is 9.44. The largest absolute Gasteiger partial charge is 0.464 e. The number of rotatable bonds is 7. The van der Waals surface area contributed by atoms with Crippen LogP contribution < -0.4 is 10.7 Å². The normalized spacial score (nSPS) is 11.8. The first-order valence-corrected chi connectivity index (χ1v) is 8.05. The number of halogens is 1. The highest BCUT2D eigenvalue weighted by Gasteiger charge is 2.20. The topological polar surface area (TPSA) is 79.8 Å². The molecule has 1 atom stereocenters. The van der Waals surface area contributed by atoms with Crippen LogP contribution in [0.25, 0.3) is 0 Å². The number of hydrogen-bond acceptors (Lipinski definition) is 5. The molecule has 2 aromatic carbocycles. The lowest BCUT2D eigenvalue weighted by atomic mass is 10.2. The Balaban J connectivity index is 2.06. The molecule has 0 aliphatic rings. The number of nitrogens with one attached hydrogen (secondary N) is 2. The van der Waals surface area contributed by atoms with Gasteiger partial charge in [-0.3, -0.25) is 10.2 Å². The van der Waals surface area contributed by atoms with Crippen molar-refractivity contribution in [1.29, 1.82) is 0 Å². The van der Waals surface area contributed by atoms with Gasteiger partial charge in [0.15, 0.2) is 6.04 Å². The van der Waals surface area contributed by atoms with Crippen LogP contribution in [0.15, 0.2) is 59.7 Å². The molecule has 0 aliphatic carbocycles.